The average Bonchev–Trinajstić information content (AvgIpc) is 3.30. The lowest BCUT2D eigenvalue weighted by molar-refractivity contribution is 0.0735. The molecule has 36 heavy (non-hydrogen) atoms. The van der Waals surface area contributed by atoms with Crippen LogP contribution >= 0.6 is 0 Å². The Labute approximate surface area is 209 Å². The van der Waals surface area contributed by atoms with E-state index in [1.807, 2.05) is 66.4 Å². The largest absolute Gasteiger partial charge is 0.497 e. The minimum Gasteiger partial charge on any atom is -0.497 e. The highest BCUT2D eigenvalue weighted by Gasteiger charge is 2.25. The fourth-order valence-corrected chi connectivity index (χ4v) is 4.19. The summed E-state index contributed by atoms with van der Waals surface area (Å²) in [5, 5.41) is 16.4. The van der Waals surface area contributed by atoms with Gasteiger partial charge in [0.15, 0.2) is 11.6 Å². The summed E-state index contributed by atoms with van der Waals surface area (Å²) >= 11 is 0. The topological polar surface area (TPSA) is 101 Å². The summed E-state index contributed by atoms with van der Waals surface area (Å²) < 4.78 is 6.95. The molecule has 0 aliphatic carbocycles. The van der Waals surface area contributed by atoms with Gasteiger partial charge < -0.3 is 19.9 Å². The van der Waals surface area contributed by atoms with E-state index in [9.17, 15) is 4.79 Å². The second kappa shape index (κ2) is 10.0. The third kappa shape index (κ3) is 4.97. The Kier molecular flexibility index (Phi) is 6.48. The van der Waals surface area contributed by atoms with Gasteiger partial charge in [-0.2, -0.15) is 5.10 Å². The summed E-state index contributed by atoms with van der Waals surface area (Å²) in [4.78, 5) is 21.5. The van der Waals surface area contributed by atoms with E-state index < -0.39 is 0 Å². The number of anilines is 3. The third-order valence-electron chi connectivity index (χ3n) is 6.18. The fourth-order valence-electron chi connectivity index (χ4n) is 4.19. The molecule has 0 unspecified atom stereocenters. The van der Waals surface area contributed by atoms with E-state index in [-0.39, 0.29) is 5.91 Å². The van der Waals surface area contributed by atoms with Crippen molar-refractivity contribution in [3.8, 4) is 17.0 Å². The van der Waals surface area contributed by atoms with Crippen molar-refractivity contribution >= 4 is 23.4 Å². The van der Waals surface area contributed by atoms with Gasteiger partial charge in [0, 0.05) is 45.0 Å². The fraction of sp³-hybridized carbons (Fsp3) is 0.269. The first-order valence-electron chi connectivity index (χ1n) is 11.8. The molecular formula is C26H28N8O2. The zero-order chi connectivity index (χ0) is 25.1. The lowest BCUT2D eigenvalue weighted by Gasteiger charge is -2.35. The van der Waals surface area contributed by atoms with E-state index in [0.29, 0.717) is 37.7 Å². The number of ether oxygens (including phenoxy) is 1. The van der Waals surface area contributed by atoms with Crippen molar-refractivity contribution in [3.63, 3.8) is 0 Å². The molecule has 0 bridgehead atoms. The molecule has 1 saturated heterocycles. The van der Waals surface area contributed by atoms with E-state index >= 15 is 0 Å². The zero-order valence-electron chi connectivity index (χ0n) is 20.5. The second-order valence-corrected chi connectivity index (χ2v) is 8.67. The molecular weight excluding hydrogens is 456 g/mol. The highest BCUT2D eigenvalue weighted by atomic mass is 16.5. The van der Waals surface area contributed by atoms with Gasteiger partial charge in [0.2, 0.25) is 0 Å². The van der Waals surface area contributed by atoms with Gasteiger partial charge in [-0.05, 0) is 55.0 Å². The molecule has 10 nitrogen and oxygen atoms in total. The van der Waals surface area contributed by atoms with Gasteiger partial charge in [-0.3, -0.25) is 9.48 Å². The highest BCUT2D eigenvalue weighted by molar-refractivity contribution is 5.94. The summed E-state index contributed by atoms with van der Waals surface area (Å²) in [7, 11) is 3.43. The summed E-state index contributed by atoms with van der Waals surface area (Å²) in [6.45, 7) is 4.54. The number of hydrogen-bond donors (Lipinski definition) is 1. The maximum atomic E-state index is 13.3. The molecule has 1 fully saturated rings. The van der Waals surface area contributed by atoms with Crippen LogP contribution in [0, 0.1) is 6.92 Å². The van der Waals surface area contributed by atoms with Crippen molar-refractivity contribution in [3.05, 3.63) is 72.1 Å². The van der Waals surface area contributed by atoms with Crippen molar-refractivity contribution in [1.82, 2.24) is 29.9 Å². The van der Waals surface area contributed by atoms with Crippen molar-refractivity contribution in [2.75, 3.05) is 43.5 Å². The van der Waals surface area contributed by atoms with Crippen molar-refractivity contribution in [2.24, 2.45) is 7.05 Å². The van der Waals surface area contributed by atoms with Crippen molar-refractivity contribution in [2.45, 2.75) is 6.92 Å². The normalized spacial score (nSPS) is 13.5. The number of methoxy groups -OCH3 is 1. The van der Waals surface area contributed by atoms with Crippen LogP contribution in [0.2, 0.25) is 0 Å². The quantitative estimate of drug-likeness (QED) is 0.445. The van der Waals surface area contributed by atoms with Gasteiger partial charge in [0.25, 0.3) is 5.91 Å². The van der Waals surface area contributed by atoms with Crippen LogP contribution < -0.4 is 15.0 Å². The second-order valence-electron chi connectivity index (χ2n) is 8.67. The molecule has 184 valence electrons. The van der Waals surface area contributed by atoms with Crippen LogP contribution in [-0.4, -0.2) is 69.1 Å². The molecule has 1 amide bonds. The summed E-state index contributed by atoms with van der Waals surface area (Å²) in [6, 6.07) is 17.2. The Hall–Kier alpha value is -4.47. The Balaban J connectivity index is 1.21. The van der Waals surface area contributed by atoms with Crippen LogP contribution in [0.5, 0.6) is 5.75 Å². The number of benzene rings is 1. The van der Waals surface area contributed by atoms with Gasteiger partial charge in [-0.1, -0.05) is 12.1 Å². The number of aryl methyl sites for hydroxylation is 2. The first kappa shape index (κ1) is 23.3. The Morgan fingerprint density at radius 3 is 2.53 bits per heavy atom. The first-order valence-corrected chi connectivity index (χ1v) is 11.8. The van der Waals surface area contributed by atoms with Crippen LogP contribution in [0.25, 0.3) is 11.3 Å². The summed E-state index contributed by atoms with van der Waals surface area (Å²) in [5.74, 6) is 2.87. The number of rotatable bonds is 6. The molecule has 5 rings (SSSR count). The van der Waals surface area contributed by atoms with E-state index in [1.165, 1.54) is 0 Å². The Morgan fingerprint density at radius 1 is 0.972 bits per heavy atom. The summed E-state index contributed by atoms with van der Waals surface area (Å²) in [6.07, 6.45) is 1.76. The number of aromatic nitrogens is 5. The molecule has 4 aromatic rings. The number of piperazine rings is 1. The van der Waals surface area contributed by atoms with E-state index in [2.05, 4.69) is 30.5 Å². The molecule has 0 spiro atoms. The minimum absolute atomic E-state index is 0.0323. The minimum atomic E-state index is -0.0323. The zero-order valence-corrected chi connectivity index (χ0v) is 20.5. The average molecular weight is 485 g/mol. The van der Waals surface area contributed by atoms with Crippen molar-refractivity contribution < 1.29 is 9.53 Å². The molecule has 0 atom stereocenters. The summed E-state index contributed by atoms with van der Waals surface area (Å²) in [5.41, 5.74) is 3.32. The lowest BCUT2D eigenvalue weighted by atomic mass is 10.1. The number of nitrogens with zero attached hydrogens (tertiary/aromatic N) is 7. The van der Waals surface area contributed by atoms with Crippen LogP contribution in [0.15, 0.2) is 60.8 Å². The van der Waals surface area contributed by atoms with Gasteiger partial charge in [-0.15, -0.1) is 10.2 Å². The first-order chi connectivity index (χ1) is 17.5. The maximum absolute atomic E-state index is 13.3. The van der Waals surface area contributed by atoms with Crippen LogP contribution in [-0.2, 0) is 7.05 Å². The monoisotopic (exact) mass is 484 g/mol. The Morgan fingerprint density at radius 2 is 1.81 bits per heavy atom. The molecule has 4 heterocycles. The molecule has 3 aromatic heterocycles. The van der Waals surface area contributed by atoms with Crippen LogP contribution in [0.4, 0.5) is 17.5 Å². The highest BCUT2D eigenvalue weighted by Crippen LogP contribution is 2.24. The smallest absolute Gasteiger partial charge is 0.272 e. The molecule has 0 saturated carbocycles. The maximum Gasteiger partial charge on any atom is 0.272 e. The predicted molar refractivity (Wildman–Crippen MR) is 138 cm³/mol. The number of hydrogen-bond acceptors (Lipinski definition) is 8. The third-order valence-corrected chi connectivity index (χ3v) is 6.18. The SMILES string of the molecule is COc1cccc(-c2cc(C(=O)N3CCN(c4ccc(Nc5cc(C)ccn5)nn4)CC3)n(C)n2)c1. The number of pyridine rings is 1. The van der Waals surface area contributed by atoms with E-state index in [0.717, 1.165) is 34.2 Å². The van der Waals surface area contributed by atoms with Crippen LogP contribution in [0.3, 0.4) is 0 Å². The van der Waals surface area contributed by atoms with Gasteiger partial charge in [-0.25, -0.2) is 4.98 Å². The number of nitrogens with one attached hydrogen (secondary N) is 1. The number of carbonyl (C=O) groups is 1. The molecule has 1 aliphatic rings. The van der Waals surface area contributed by atoms with Gasteiger partial charge in [0.1, 0.15) is 17.3 Å². The molecule has 1 aliphatic heterocycles. The molecule has 1 aromatic carbocycles. The Bertz CT molecular complexity index is 1360. The predicted octanol–water partition coefficient (Wildman–Crippen LogP) is 3.30. The standard InChI is InChI=1S/C26H28N8O2/c1-18-9-10-27-24(15-18)28-23-7-8-25(30-29-23)33-11-13-34(14-12-33)26(35)22-17-21(31-32(22)2)19-5-4-6-20(16-19)36-3/h4-10,15-17H,11-14H2,1-3H3,(H,27,28,29). The van der Waals surface area contributed by atoms with Gasteiger partial charge in [0.05, 0.1) is 12.8 Å². The molecule has 10 heteroatoms. The molecule has 0 radical (unpaired) electrons. The lowest BCUT2D eigenvalue weighted by Crippen LogP contribution is -2.49. The van der Waals surface area contributed by atoms with Crippen LogP contribution in [0.1, 0.15) is 16.1 Å². The van der Waals surface area contributed by atoms with E-state index in [1.54, 1.807) is 25.0 Å². The number of amides is 1. The van der Waals surface area contributed by atoms with Crippen molar-refractivity contribution in [1.29, 1.82) is 0 Å². The van der Waals surface area contributed by atoms with E-state index in [4.69, 9.17) is 4.74 Å². The van der Waals surface area contributed by atoms with Gasteiger partial charge >= 0.3 is 0 Å². The number of carbonyl (C=O) groups excluding carboxylic acids is 1. The molecule has 1 N–H and O–H groups in total.